The van der Waals surface area contributed by atoms with Gasteiger partial charge >= 0.3 is 0 Å². The summed E-state index contributed by atoms with van der Waals surface area (Å²) in [5, 5.41) is 3.26. The molecule has 0 aliphatic rings. The van der Waals surface area contributed by atoms with Gasteiger partial charge in [-0.15, -0.1) is 0 Å². The van der Waals surface area contributed by atoms with Crippen molar-refractivity contribution in [3.05, 3.63) is 129 Å². The van der Waals surface area contributed by atoms with Crippen LogP contribution in [0.25, 0.3) is 0 Å². The molecule has 1 atom stereocenters. The number of hydrogen-bond acceptors (Lipinski definition) is 4. The molecule has 4 aromatic carbocycles. The number of likely N-dealkylation sites (N-methyl/N-ethyl adjacent to an activating group) is 1. The zero-order valence-electron chi connectivity index (χ0n) is 22.6. The number of amides is 2. The van der Waals surface area contributed by atoms with Crippen molar-refractivity contribution in [2.75, 3.05) is 17.9 Å². The van der Waals surface area contributed by atoms with Gasteiger partial charge in [-0.05, 0) is 47.5 Å². The van der Waals surface area contributed by atoms with Gasteiger partial charge in [0, 0.05) is 25.0 Å². The van der Waals surface area contributed by atoms with Crippen molar-refractivity contribution in [3.8, 4) is 0 Å². The first-order valence-corrected chi connectivity index (χ1v) is 15.5. The Morgan fingerprint density at radius 3 is 2.02 bits per heavy atom. The van der Waals surface area contributed by atoms with Gasteiger partial charge in [0.2, 0.25) is 11.8 Å². The van der Waals surface area contributed by atoms with Gasteiger partial charge in [-0.3, -0.25) is 13.9 Å². The quantitative estimate of drug-likeness (QED) is 0.210. The van der Waals surface area contributed by atoms with Crippen molar-refractivity contribution in [1.29, 1.82) is 0 Å². The summed E-state index contributed by atoms with van der Waals surface area (Å²) in [5.41, 5.74) is 1.56. The molecular weight excluding hydrogens is 617 g/mol. The molecule has 0 radical (unpaired) electrons. The molecule has 4 rings (SSSR count). The molecule has 0 aromatic heterocycles. The fourth-order valence-corrected chi connectivity index (χ4v) is 6.45. The van der Waals surface area contributed by atoms with E-state index in [-0.39, 0.29) is 33.6 Å². The summed E-state index contributed by atoms with van der Waals surface area (Å²) in [4.78, 5) is 28.9. The Bertz CT molecular complexity index is 1640. The van der Waals surface area contributed by atoms with Gasteiger partial charge in [0.05, 0.1) is 20.6 Å². The molecule has 11 heteroatoms. The third-order valence-electron chi connectivity index (χ3n) is 6.59. The monoisotopic (exact) mass is 643 g/mol. The molecule has 0 fully saturated rings. The van der Waals surface area contributed by atoms with Crippen LogP contribution in [0.3, 0.4) is 0 Å². The van der Waals surface area contributed by atoms with Crippen LogP contribution in [0.4, 0.5) is 5.69 Å². The van der Waals surface area contributed by atoms with E-state index < -0.39 is 34.4 Å². The topological polar surface area (TPSA) is 86.8 Å². The minimum Gasteiger partial charge on any atom is -0.357 e. The van der Waals surface area contributed by atoms with Gasteiger partial charge in [0.1, 0.15) is 12.6 Å². The van der Waals surface area contributed by atoms with E-state index in [4.69, 9.17) is 34.8 Å². The van der Waals surface area contributed by atoms with Gasteiger partial charge < -0.3 is 10.2 Å². The molecule has 0 bridgehead atoms. The fraction of sp³-hybridized carbons (Fsp3) is 0.161. The van der Waals surface area contributed by atoms with Crippen molar-refractivity contribution >= 4 is 62.3 Å². The average molecular weight is 645 g/mol. The van der Waals surface area contributed by atoms with Crippen LogP contribution in [0.2, 0.25) is 15.1 Å². The summed E-state index contributed by atoms with van der Waals surface area (Å²) >= 11 is 18.8. The molecule has 0 saturated carbocycles. The highest BCUT2D eigenvalue weighted by Gasteiger charge is 2.35. The normalized spacial score (nSPS) is 11.9. The molecule has 0 spiro atoms. The first-order valence-electron chi connectivity index (χ1n) is 12.9. The summed E-state index contributed by atoms with van der Waals surface area (Å²) in [7, 11) is -2.80. The van der Waals surface area contributed by atoms with Gasteiger partial charge in [-0.2, -0.15) is 0 Å². The van der Waals surface area contributed by atoms with E-state index in [2.05, 4.69) is 5.32 Å². The molecule has 0 aliphatic carbocycles. The van der Waals surface area contributed by atoms with Crippen LogP contribution < -0.4 is 9.62 Å². The number of rotatable bonds is 11. The first-order chi connectivity index (χ1) is 20.1. The van der Waals surface area contributed by atoms with E-state index in [0.29, 0.717) is 10.6 Å². The molecule has 1 N–H and O–H groups in total. The van der Waals surface area contributed by atoms with E-state index in [0.717, 1.165) is 9.87 Å². The molecule has 2 amide bonds. The van der Waals surface area contributed by atoms with E-state index in [1.165, 1.54) is 36.2 Å². The fourth-order valence-electron chi connectivity index (χ4n) is 4.43. The lowest BCUT2D eigenvalue weighted by Crippen LogP contribution is -2.53. The molecule has 218 valence electrons. The summed E-state index contributed by atoms with van der Waals surface area (Å²) < 4.78 is 28.8. The van der Waals surface area contributed by atoms with Gasteiger partial charge in [-0.1, -0.05) is 102 Å². The largest absolute Gasteiger partial charge is 0.357 e. The predicted molar refractivity (Wildman–Crippen MR) is 167 cm³/mol. The molecule has 0 saturated heterocycles. The van der Waals surface area contributed by atoms with E-state index in [1.54, 1.807) is 48.5 Å². The second-order valence-electron chi connectivity index (χ2n) is 9.37. The summed E-state index contributed by atoms with van der Waals surface area (Å²) in [6.07, 6.45) is 0.198. The number of halogens is 3. The maximum Gasteiger partial charge on any atom is 0.264 e. The summed E-state index contributed by atoms with van der Waals surface area (Å²) in [6, 6.07) is 27.4. The number of carbonyl (C=O) groups excluding carboxylic acids is 2. The van der Waals surface area contributed by atoms with Crippen LogP contribution in [-0.2, 0) is 32.6 Å². The maximum atomic E-state index is 14.3. The molecule has 42 heavy (non-hydrogen) atoms. The lowest BCUT2D eigenvalue weighted by atomic mass is 10.0. The number of sulfonamides is 1. The number of nitrogens with one attached hydrogen (secondary N) is 1. The highest BCUT2D eigenvalue weighted by atomic mass is 35.5. The highest BCUT2D eigenvalue weighted by Crippen LogP contribution is 2.35. The van der Waals surface area contributed by atoms with Crippen molar-refractivity contribution in [3.63, 3.8) is 0 Å². The van der Waals surface area contributed by atoms with Gasteiger partial charge in [0.15, 0.2) is 0 Å². The molecule has 7 nitrogen and oxygen atoms in total. The minimum atomic E-state index is -4.29. The standard InChI is InChI=1S/C31H28Cl3N3O4S/c1-35-31(39)28(19-22-9-4-2-5-10-22)36(20-23-15-17-24(32)18-16-23)29(38)21-37(27-14-8-13-26(33)30(27)34)42(40,41)25-11-6-3-7-12-25/h2-18,28H,19-21H2,1H3,(H,35,39). The first kappa shape index (κ1) is 31.4. The van der Waals surface area contributed by atoms with E-state index >= 15 is 0 Å². The number of benzene rings is 4. The Morgan fingerprint density at radius 2 is 1.40 bits per heavy atom. The van der Waals surface area contributed by atoms with Crippen molar-refractivity contribution in [2.45, 2.75) is 23.9 Å². The van der Waals surface area contributed by atoms with Crippen LogP contribution in [0.15, 0.2) is 108 Å². The third-order valence-corrected chi connectivity index (χ3v) is 9.43. The third kappa shape index (κ3) is 7.44. The molecule has 0 aliphatic heterocycles. The second-order valence-corrected chi connectivity index (χ2v) is 12.4. The summed E-state index contributed by atoms with van der Waals surface area (Å²) in [5.74, 6) is -1.02. The Kier molecular flexibility index (Phi) is 10.5. The second kappa shape index (κ2) is 14.1. The Hall–Kier alpha value is -3.56. The van der Waals surface area contributed by atoms with Gasteiger partial charge in [0.25, 0.3) is 10.0 Å². The van der Waals surface area contributed by atoms with Crippen molar-refractivity contribution in [2.24, 2.45) is 0 Å². The van der Waals surface area contributed by atoms with E-state index in [9.17, 15) is 18.0 Å². The van der Waals surface area contributed by atoms with Crippen LogP contribution in [0, 0.1) is 0 Å². The Labute approximate surface area is 260 Å². The summed E-state index contributed by atoms with van der Waals surface area (Å²) in [6.45, 7) is -0.628. The zero-order chi connectivity index (χ0) is 30.3. The molecular formula is C31H28Cl3N3O4S. The SMILES string of the molecule is CNC(=O)C(Cc1ccccc1)N(Cc1ccc(Cl)cc1)C(=O)CN(c1cccc(Cl)c1Cl)S(=O)(=O)c1ccccc1. The molecule has 1 unspecified atom stereocenters. The number of carbonyl (C=O) groups is 2. The number of hydrogen-bond donors (Lipinski definition) is 1. The number of nitrogens with zero attached hydrogens (tertiary/aromatic N) is 2. The van der Waals surface area contributed by atoms with Crippen molar-refractivity contribution < 1.29 is 18.0 Å². The zero-order valence-corrected chi connectivity index (χ0v) is 25.7. The Morgan fingerprint density at radius 1 is 0.786 bits per heavy atom. The smallest absolute Gasteiger partial charge is 0.264 e. The minimum absolute atomic E-state index is 0.0173. The number of anilines is 1. The van der Waals surface area contributed by atoms with Gasteiger partial charge in [-0.25, -0.2) is 8.42 Å². The average Bonchev–Trinajstić information content (AvgIpc) is 3.00. The lowest BCUT2D eigenvalue weighted by molar-refractivity contribution is -0.139. The van der Waals surface area contributed by atoms with Crippen LogP contribution >= 0.6 is 34.8 Å². The maximum absolute atomic E-state index is 14.3. The van der Waals surface area contributed by atoms with Crippen LogP contribution in [0.5, 0.6) is 0 Å². The molecule has 0 heterocycles. The molecule has 4 aromatic rings. The predicted octanol–water partition coefficient (Wildman–Crippen LogP) is 6.23. The van der Waals surface area contributed by atoms with Crippen LogP contribution in [-0.4, -0.2) is 44.8 Å². The van der Waals surface area contributed by atoms with Crippen molar-refractivity contribution in [1.82, 2.24) is 10.2 Å². The lowest BCUT2D eigenvalue weighted by Gasteiger charge is -2.33. The highest BCUT2D eigenvalue weighted by molar-refractivity contribution is 7.92. The van der Waals surface area contributed by atoms with Crippen LogP contribution in [0.1, 0.15) is 11.1 Å². The van der Waals surface area contributed by atoms with E-state index in [1.807, 2.05) is 30.3 Å². The Balaban J connectivity index is 1.81.